The number of fused-ring (bicyclic) bond motifs is 1. The number of hydrogen-bond donors (Lipinski definition) is 1. The second kappa shape index (κ2) is 5.50. The van der Waals surface area contributed by atoms with Crippen LogP contribution in [0.25, 0.3) is 10.7 Å². The molecule has 2 aliphatic rings. The van der Waals surface area contributed by atoms with Gasteiger partial charge >= 0.3 is 0 Å². The molecule has 21 heavy (non-hydrogen) atoms. The zero-order chi connectivity index (χ0) is 14.2. The Morgan fingerprint density at radius 2 is 2.24 bits per heavy atom. The Morgan fingerprint density at radius 3 is 3.05 bits per heavy atom. The maximum atomic E-state index is 4.96. The van der Waals surface area contributed by atoms with Gasteiger partial charge in [-0.2, -0.15) is 0 Å². The summed E-state index contributed by atoms with van der Waals surface area (Å²) in [5, 5.41) is 4.77. The molecule has 1 fully saturated rings. The second-order valence-corrected chi connectivity index (χ2v) is 7.40. The Balaban J connectivity index is 1.60. The molecule has 4 rings (SSSR count). The minimum absolute atomic E-state index is 0.601. The molecular formula is C17H21N3S. The van der Waals surface area contributed by atoms with Crippen molar-refractivity contribution in [1.29, 1.82) is 0 Å². The molecule has 2 aliphatic carbocycles. The van der Waals surface area contributed by atoms with E-state index in [-0.39, 0.29) is 0 Å². The van der Waals surface area contributed by atoms with Crippen LogP contribution in [0.2, 0.25) is 0 Å². The first-order valence-electron chi connectivity index (χ1n) is 7.95. The molecule has 1 unspecified atom stereocenters. The minimum atomic E-state index is 0.601. The van der Waals surface area contributed by atoms with Gasteiger partial charge in [-0.3, -0.25) is 4.98 Å². The molecule has 1 atom stereocenters. The third-order valence-electron chi connectivity index (χ3n) is 4.44. The lowest BCUT2D eigenvalue weighted by molar-refractivity contribution is 0.500. The lowest BCUT2D eigenvalue weighted by atomic mass is 9.91. The molecule has 0 radical (unpaired) electrons. The predicted molar refractivity (Wildman–Crippen MR) is 86.8 cm³/mol. The Labute approximate surface area is 129 Å². The van der Waals surface area contributed by atoms with Crippen LogP contribution in [-0.4, -0.2) is 22.6 Å². The quantitative estimate of drug-likeness (QED) is 0.935. The summed E-state index contributed by atoms with van der Waals surface area (Å²) in [6.45, 7) is 3.21. The van der Waals surface area contributed by atoms with E-state index in [9.17, 15) is 0 Å². The number of aromatic nitrogens is 2. The van der Waals surface area contributed by atoms with Crippen LogP contribution in [0, 0.1) is 6.92 Å². The number of hydrogen-bond acceptors (Lipinski definition) is 4. The highest BCUT2D eigenvalue weighted by Gasteiger charge is 2.28. The third kappa shape index (κ3) is 2.87. The molecule has 2 heterocycles. The highest BCUT2D eigenvalue weighted by Crippen LogP contribution is 2.38. The van der Waals surface area contributed by atoms with E-state index in [0.29, 0.717) is 5.92 Å². The highest BCUT2D eigenvalue weighted by molar-refractivity contribution is 7.15. The lowest BCUT2D eigenvalue weighted by Gasteiger charge is -2.21. The zero-order valence-electron chi connectivity index (χ0n) is 12.4. The SMILES string of the molecule is Cc1ccnc(-c2nc3c(s2)CCCC3CNC2CC2)c1. The number of nitrogens with one attached hydrogen (secondary N) is 1. The second-order valence-electron chi connectivity index (χ2n) is 6.32. The minimum Gasteiger partial charge on any atom is -0.313 e. The fourth-order valence-electron chi connectivity index (χ4n) is 3.07. The van der Waals surface area contributed by atoms with Gasteiger partial charge in [0.15, 0.2) is 0 Å². The van der Waals surface area contributed by atoms with Crippen LogP contribution >= 0.6 is 11.3 Å². The molecule has 0 amide bonds. The van der Waals surface area contributed by atoms with Crippen molar-refractivity contribution in [3.63, 3.8) is 0 Å². The van der Waals surface area contributed by atoms with Crippen molar-refractivity contribution in [3.8, 4) is 10.7 Å². The molecular weight excluding hydrogens is 278 g/mol. The van der Waals surface area contributed by atoms with Crippen molar-refractivity contribution >= 4 is 11.3 Å². The molecule has 3 nitrogen and oxygen atoms in total. The van der Waals surface area contributed by atoms with E-state index in [4.69, 9.17) is 4.98 Å². The summed E-state index contributed by atoms with van der Waals surface area (Å²) >= 11 is 1.85. The number of pyridine rings is 1. The van der Waals surface area contributed by atoms with Crippen molar-refractivity contribution in [2.45, 2.75) is 51.0 Å². The lowest BCUT2D eigenvalue weighted by Crippen LogP contribution is -2.25. The monoisotopic (exact) mass is 299 g/mol. The first-order chi connectivity index (χ1) is 10.3. The van der Waals surface area contributed by atoms with E-state index in [1.54, 1.807) is 0 Å². The fraction of sp³-hybridized carbons (Fsp3) is 0.529. The van der Waals surface area contributed by atoms with Crippen LogP contribution in [0.3, 0.4) is 0 Å². The number of thiazole rings is 1. The summed E-state index contributed by atoms with van der Waals surface area (Å²) < 4.78 is 0. The highest BCUT2D eigenvalue weighted by atomic mass is 32.1. The number of nitrogens with zero attached hydrogens (tertiary/aromatic N) is 2. The van der Waals surface area contributed by atoms with Gasteiger partial charge in [-0.05, 0) is 56.7 Å². The van der Waals surface area contributed by atoms with Crippen LogP contribution in [0.1, 0.15) is 47.7 Å². The molecule has 1 N–H and O–H groups in total. The first-order valence-corrected chi connectivity index (χ1v) is 8.77. The van der Waals surface area contributed by atoms with Gasteiger partial charge in [-0.1, -0.05) is 0 Å². The first kappa shape index (κ1) is 13.4. The van der Waals surface area contributed by atoms with Gasteiger partial charge in [-0.15, -0.1) is 11.3 Å². The standard InChI is InChI=1S/C17H21N3S/c1-11-7-8-18-14(9-11)17-20-16-12(10-19-13-5-6-13)3-2-4-15(16)21-17/h7-9,12-13,19H,2-6,10H2,1H3. The molecule has 110 valence electrons. The van der Waals surface area contributed by atoms with Crippen LogP contribution in [-0.2, 0) is 6.42 Å². The average Bonchev–Trinajstić information content (AvgIpc) is 3.21. The van der Waals surface area contributed by atoms with E-state index < -0.39 is 0 Å². The van der Waals surface area contributed by atoms with Gasteiger partial charge < -0.3 is 5.32 Å². The Morgan fingerprint density at radius 1 is 1.33 bits per heavy atom. The molecule has 2 aromatic heterocycles. The van der Waals surface area contributed by atoms with Gasteiger partial charge in [0.05, 0.1) is 11.4 Å². The van der Waals surface area contributed by atoms with Crippen LogP contribution in [0.5, 0.6) is 0 Å². The van der Waals surface area contributed by atoms with E-state index in [1.807, 2.05) is 23.6 Å². The average molecular weight is 299 g/mol. The van der Waals surface area contributed by atoms with Crippen molar-refractivity contribution in [2.24, 2.45) is 0 Å². The maximum absolute atomic E-state index is 4.96. The Kier molecular flexibility index (Phi) is 3.51. The maximum Gasteiger partial charge on any atom is 0.142 e. The normalized spacial score (nSPS) is 21.3. The van der Waals surface area contributed by atoms with Crippen molar-refractivity contribution < 1.29 is 0 Å². The summed E-state index contributed by atoms with van der Waals surface area (Å²) in [5.74, 6) is 0.601. The van der Waals surface area contributed by atoms with E-state index in [0.717, 1.165) is 23.3 Å². The van der Waals surface area contributed by atoms with Gasteiger partial charge in [0, 0.05) is 29.6 Å². The van der Waals surface area contributed by atoms with Crippen LogP contribution in [0.4, 0.5) is 0 Å². The molecule has 0 bridgehead atoms. The Hall–Kier alpha value is -1.26. The number of aryl methyl sites for hydroxylation is 2. The smallest absolute Gasteiger partial charge is 0.142 e. The molecule has 4 heteroatoms. The fourth-order valence-corrected chi connectivity index (χ4v) is 4.22. The largest absolute Gasteiger partial charge is 0.313 e. The predicted octanol–water partition coefficient (Wildman–Crippen LogP) is 3.69. The van der Waals surface area contributed by atoms with Gasteiger partial charge in [0.25, 0.3) is 0 Å². The van der Waals surface area contributed by atoms with Crippen LogP contribution in [0.15, 0.2) is 18.3 Å². The summed E-state index contributed by atoms with van der Waals surface area (Å²) in [5.41, 5.74) is 3.63. The molecule has 0 aromatic carbocycles. The van der Waals surface area contributed by atoms with E-state index in [2.05, 4.69) is 23.3 Å². The van der Waals surface area contributed by atoms with Crippen LogP contribution < -0.4 is 5.32 Å². The third-order valence-corrected chi connectivity index (χ3v) is 5.59. The summed E-state index contributed by atoms with van der Waals surface area (Å²) in [4.78, 5) is 10.9. The molecule has 0 aliphatic heterocycles. The van der Waals surface area contributed by atoms with E-state index >= 15 is 0 Å². The van der Waals surface area contributed by atoms with Gasteiger partial charge in [-0.25, -0.2) is 4.98 Å². The topological polar surface area (TPSA) is 37.8 Å². The molecule has 1 saturated carbocycles. The van der Waals surface area contributed by atoms with Gasteiger partial charge in [0.2, 0.25) is 0 Å². The van der Waals surface area contributed by atoms with Crippen molar-refractivity contribution in [1.82, 2.24) is 15.3 Å². The molecule has 2 aromatic rings. The Bertz CT molecular complexity index is 645. The molecule has 0 saturated heterocycles. The molecule has 0 spiro atoms. The van der Waals surface area contributed by atoms with Gasteiger partial charge in [0.1, 0.15) is 5.01 Å². The van der Waals surface area contributed by atoms with Crippen molar-refractivity contribution in [3.05, 3.63) is 34.5 Å². The zero-order valence-corrected chi connectivity index (χ0v) is 13.2. The van der Waals surface area contributed by atoms with Crippen molar-refractivity contribution in [2.75, 3.05) is 6.54 Å². The summed E-state index contributed by atoms with van der Waals surface area (Å²) in [7, 11) is 0. The van der Waals surface area contributed by atoms with E-state index in [1.165, 1.54) is 48.2 Å². The summed E-state index contributed by atoms with van der Waals surface area (Å²) in [6.07, 6.45) is 8.37. The number of rotatable bonds is 4. The summed E-state index contributed by atoms with van der Waals surface area (Å²) in [6, 6.07) is 4.97.